The summed E-state index contributed by atoms with van der Waals surface area (Å²) in [6, 6.07) is 4.22. The summed E-state index contributed by atoms with van der Waals surface area (Å²) < 4.78 is 0. The van der Waals surface area contributed by atoms with Gasteiger partial charge in [0.15, 0.2) is 0 Å². The second-order valence-electron chi connectivity index (χ2n) is 3.86. The Morgan fingerprint density at radius 3 is 2.69 bits per heavy atom. The molecule has 0 aromatic carbocycles. The third-order valence-electron chi connectivity index (χ3n) is 2.50. The molecule has 0 atom stereocenters. The normalized spacial score (nSPS) is 11.7. The van der Waals surface area contributed by atoms with Crippen molar-refractivity contribution in [1.82, 2.24) is 0 Å². The zero-order valence-corrected chi connectivity index (χ0v) is 9.40. The Morgan fingerprint density at radius 2 is 2.23 bits per heavy atom. The van der Waals surface area contributed by atoms with E-state index in [4.69, 9.17) is 5.73 Å². The van der Waals surface area contributed by atoms with Crippen molar-refractivity contribution in [3.8, 4) is 0 Å². The molecule has 0 aliphatic carbocycles. The van der Waals surface area contributed by atoms with Crippen molar-refractivity contribution in [3.05, 3.63) is 17.5 Å². The molecule has 0 aliphatic rings. The number of nitrogens with two attached hydrogens (primary N) is 1. The Bertz CT molecular complexity index is 241. The molecule has 2 nitrogen and oxygen atoms in total. The van der Waals surface area contributed by atoms with E-state index < -0.39 is 0 Å². The average molecular weight is 198 g/mol. The lowest BCUT2D eigenvalue weighted by Crippen LogP contribution is -2.42. The molecular formula is C10H18N2S. The fourth-order valence-corrected chi connectivity index (χ4v) is 2.14. The van der Waals surface area contributed by atoms with Gasteiger partial charge in [0.2, 0.25) is 0 Å². The maximum absolute atomic E-state index is 5.58. The Morgan fingerprint density at radius 1 is 1.54 bits per heavy atom. The summed E-state index contributed by atoms with van der Waals surface area (Å²) in [6.07, 6.45) is 1.02. The SMILES string of the molecule is CN(c1cccs1)C(C)(C)CCN. The van der Waals surface area contributed by atoms with Crippen molar-refractivity contribution in [2.24, 2.45) is 5.73 Å². The van der Waals surface area contributed by atoms with E-state index in [0.29, 0.717) is 0 Å². The van der Waals surface area contributed by atoms with Gasteiger partial charge in [-0.05, 0) is 44.3 Å². The molecule has 0 saturated heterocycles. The van der Waals surface area contributed by atoms with Crippen LogP contribution in [0.5, 0.6) is 0 Å². The van der Waals surface area contributed by atoms with Crippen LogP contribution in [0.4, 0.5) is 5.00 Å². The molecule has 2 N–H and O–H groups in total. The predicted molar refractivity (Wildman–Crippen MR) is 60.5 cm³/mol. The lowest BCUT2D eigenvalue weighted by atomic mass is 9.99. The first kappa shape index (κ1) is 10.5. The van der Waals surface area contributed by atoms with Crippen molar-refractivity contribution < 1.29 is 0 Å². The van der Waals surface area contributed by atoms with E-state index in [1.165, 1.54) is 5.00 Å². The molecule has 1 rings (SSSR count). The maximum Gasteiger partial charge on any atom is 0.0910 e. The minimum absolute atomic E-state index is 0.152. The molecular weight excluding hydrogens is 180 g/mol. The van der Waals surface area contributed by atoms with Gasteiger partial charge in [0.25, 0.3) is 0 Å². The number of thiophene rings is 1. The molecule has 74 valence electrons. The molecule has 0 radical (unpaired) electrons. The summed E-state index contributed by atoms with van der Waals surface area (Å²) in [5.74, 6) is 0. The van der Waals surface area contributed by atoms with Gasteiger partial charge in [0, 0.05) is 12.6 Å². The second-order valence-corrected chi connectivity index (χ2v) is 4.79. The molecule has 0 unspecified atom stereocenters. The van der Waals surface area contributed by atoms with Gasteiger partial charge < -0.3 is 10.6 Å². The Hall–Kier alpha value is -0.540. The number of anilines is 1. The zero-order valence-electron chi connectivity index (χ0n) is 8.58. The number of hydrogen-bond acceptors (Lipinski definition) is 3. The highest BCUT2D eigenvalue weighted by Gasteiger charge is 2.23. The van der Waals surface area contributed by atoms with E-state index >= 15 is 0 Å². The highest BCUT2D eigenvalue weighted by Crippen LogP contribution is 2.28. The first-order chi connectivity index (χ1) is 6.08. The first-order valence-corrected chi connectivity index (χ1v) is 5.43. The average Bonchev–Trinajstić information content (AvgIpc) is 2.54. The van der Waals surface area contributed by atoms with E-state index in [9.17, 15) is 0 Å². The molecule has 0 aliphatic heterocycles. The van der Waals surface area contributed by atoms with Gasteiger partial charge in [-0.2, -0.15) is 0 Å². The summed E-state index contributed by atoms with van der Waals surface area (Å²) in [6.45, 7) is 5.18. The Balaban J connectivity index is 2.71. The zero-order chi connectivity index (χ0) is 9.90. The monoisotopic (exact) mass is 198 g/mol. The third-order valence-corrected chi connectivity index (χ3v) is 3.45. The van der Waals surface area contributed by atoms with E-state index in [-0.39, 0.29) is 5.54 Å². The van der Waals surface area contributed by atoms with Crippen LogP contribution >= 0.6 is 11.3 Å². The molecule has 13 heavy (non-hydrogen) atoms. The molecule has 1 aromatic heterocycles. The van der Waals surface area contributed by atoms with Gasteiger partial charge in [-0.15, -0.1) is 11.3 Å². The summed E-state index contributed by atoms with van der Waals surface area (Å²) in [5, 5.41) is 3.41. The van der Waals surface area contributed by atoms with Crippen LogP contribution in [-0.2, 0) is 0 Å². The van der Waals surface area contributed by atoms with E-state index in [0.717, 1.165) is 13.0 Å². The van der Waals surface area contributed by atoms with Gasteiger partial charge in [0.05, 0.1) is 5.00 Å². The fraction of sp³-hybridized carbons (Fsp3) is 0.600. The van der Waals surface area contributed by atoms with Crippen molar-refractivity contribution in [1.29, 1.82) is 0 Å². The van der Waals surface area contributed by atoms with Crippen molar-refractivity contribution >= 4 is 16.3 Å². The molecule has 0 bridgehead atoms. The van der Waals surface area contributed by atoms with Gasteiger partial charge >= 0.3 is 0 Å². The highest BCUT2D eigenvalue weighted by molar-refractivity contribution is 7.14. The predicted octanol–water partition coefficient (Wildman–Crippen LogP) is 2.31. The van der Waals surface area contributed by atoms with Crippen molar-refractivity contribution in [2.75, 3.05) is 18.5 Å². The standard InChI is InChI=1S/C10H18N2S/c1-10(2,6-7-11)12(3)9-5-4-8-13-9/h4-5,8H,6-7,11H2,1-3H3. The van der Waals surface area contributed by atoms with Gasteiger partial charge in [-0.25, -0.2) is 0 Å². The van der Waals surface area contributed by atoms with E-state index in [2.05, 4.69) is 43.3 Å². The van der Waals surface area contributed by atoms with Crippen LogP contribution in [0.2, 0.25) is 0 Å². The molecule has 1 heterocycles. The molecule has 0 spiro atoms. The number of nitrogens with zero attached hydrogens (tertiary/aromatic N) is 1. The lowest BCUT2D eigenvalue weighted by Gasteiger charge is -2.36. The number of hydrogen-bond donors (Lipinski definition) is 1. The van der Waals surface area contributed by atoms with Crippen LogP contribution < -0.4 is 10.6 Å². The molecule has 1 aromatic rings. The second kappa shape index (κ2) is 4.11. The highest BCUT2D eigenvalue weighted by atomic mass is 32.1. The third kappa shape index (κ3) is 2.45. The minimum Gasteiger partial charge on any atom is -0.361 e. The molecule has 0 saturated carbocycles. The summed E-state index contributed by atoms with van der Waals surface area (Å²) in [5.41, 5.74) is 5.73. The maximum atomic E-state index is 5.58. The van der Waals surface area contributed by atoms with Crippen molar-refractivity contribution in [2.45, 2.75) is 25.8 Å². The van der Waals surface area contributed by atoms with Crippen LogP contribution in [0.3, 0.4) is 0 Å². The summed E-state index contributed by atoms with van der Waals surface area (Å²) >= 11 is 1.77. The largest absolute Gasteiger partial charge is 0.361 e. The quantitative estimate of drug-likeness (QED) is 0.804. The topological polar surface area (TPSA) is 29.3 Å². The van der Waals surface area contributed by atoms with E-state index in [1.54, 1.807) is 11.3 Å². The summed E-state index contributed by atoms with van der Waals surface area (Å²) in [7, 11) is 2.13. The first-order valence-electron chi connectivity index (χ1n) is 4.55. The minimum atomic E-state index is 0.152. The Labute approximate surface area is 84.4 Å². The van der Waals surface area contributed by atoms with Crippen LogP contribution in [0.15, 0.2) is 17.5 Å². The van der Waals surface area contributed by atoms with E-state index in [1.807, 2.05) is 0 Å². The molecule has 0 amide bonds. The Kier molecular flexibility index (Phi) is 3.33. The molecule has 3 heteroatoms. The van der Waals surface area contributed by atoms with Crippen LogP contribution in [0, 0.1) is 0 Å². The summed E-state index contributed by atoms with van der Waals surface area (Å²) in [4.78, 5) is 2.30. The lowest BCUT2D eigenvalue weighted by molar-refractivity contribution is 0.458. The molecule has 0 fully saturated rings. The van der Waals surface area contributed by atoms with Crippen molar-refractivity contribution in [3.63, 3.8) is 0 Å². The number of rotatable bonds is 4. The van der Waals surface area contributed by atoms with Crippen LogP contribution in [0.25, 0.3) is 0 Å². The van der Waals surface area contributed by atoms with Crippen LogP contribution in [-0.4, -0.2) is 19.1 Å². The fourth-order valence-electron chi connectivity index (χ4n) is 1.28. The van der Waals surface area contributed by atoms with Crippen LogP contribution in [0.1, 0.15) is 20.3 Å². The van der Waals surface area contributed by atoms with Gasteiger partial charge in [-0.1, -0.05) is 0 Å². The van der Waals surface area contributed by atoms with Gasteiger partial charge in [-0.3, -0.25) is 0 Å². The smallest absolute Gasteiger partial charge is 0.0910 e. The van der Waals surface area contributed by atoms with Gasteiger partial charge in [0.1, 0.15) is 0 Å².